The topological polar surface area (TPSA) is 51.8 Å². The monoisotopic (exact) mass is 301 g/mol. The summed E-state index contributed by atoms with van der Waals surface area (Å²) >= 11 is 0. The number of aryl methyl sites for hydroxylation is 1. The molecule has 4 rings (SSSR count). The van der Waals surface area contributed by atoms with Gasteiger partial charge in [-0.3, -0.25) is 9.97 Å². The SMILES string of the molecule is CCc1cnc(-c2nc(-c3cccnc3)co2)c2ccccc12. The zero-order chi connectivity index (χ0) is 15.6. The van der Waals surface area contributed by atoms with Gasteiger partial charge in [-0.15, -0.1) is 0 Å². The maximum Gasteiger partial charge on any atom is 0.246 e. The Hall–Kier alpha value is -3.01. The van der Waals surface area contributed by atoms with Crippen LogP contribution in [-0.2, 0) is 6.42 Å². The van der Waals surface area contributed by atoms with Crippen LogP contribution in [0.2, 0.25) is 0 Å². The number of benzene rings is 1. The lowest BCUT2D eigenvalue weighted by Gasteiger charge is -2.06. The fraction of sp³-hybridized carbons (Fsp3) is 0.105. The molecule has 23 heavy (non-hydrogen) atoms. The molecule has 0 spiro atoms. The van der Waals surface area contributed by atoms with Crippen LogP contribution in [0.5, 0.6) is 0 Å². The average molecular weight is 301 g/mol. The molecule has 0 saturated carbocycles. The molecular weight excluding hydrogens is 286 g/mol. The van der Waals surface area contributed by atoms with Gasteiger partial charge in [-0.1, -0.05) is 31.2 Å². The number of rotatable bonds is 3. The Balaban J connectivity index is 1.86. The van der Waals surface area contributed by atoms with E-state index in [4.69, 9.17) is 4.42 Å². The average Bonchev–Trinajstić information content (AvgIpc) is 3.11. The minimum atomic E-state index is 0.530. The molecular formula is C19H15N3O. The zero-order valence-corrected chi connectivity index (χ0v) is 12.7. The van der Waals surface area contributed by atoms with Gasteiger partial charge in [0.25, 0.3) is 0 Å². The summed E-state index contributed by atoms with van der Waals surface area (Å²) in [6.07, 6.45) is 8.01. The van der Waals surface area contributed by atoms with Crippen molar-refractivity contribution in [3.63, 3.8) is 0 Å². The van der Waals surface area contributed by atoms with Crippen molar-refractivity contribution in [3.8, 4) is 22.8 Å². The summed E-state index contributed by atoms with van der Waals surface area (Å²) < 4.78 is 5.69. The van der Waals surface area contributed by atoms with Crippen molar-refractivity contribution in [2.75, 3.05) is 0 Å². The van der Waals surface area contributed by atoms with Crippen LogP contribution in [0.25, 0.3) is 33.6 Å². The summed E-state index contributed by atoms with van der Waals surface area (Å²) in [6.45, 7) is 2.13. The van der Waals surface area contributed by atoms with E-state index in [2.05, 4.69) is 34.0 Å². The minimum Gasteiger partial charge on any atom is -0.443 e. The second kappa shape index (κ2) is 5.65. The smallest absolute Gasteiger partial charge is 0.246 e. The van der Waals surface area contributed by atoms with Crippen LogP contribution >= 0.6 is 0 Å². The van der Waals surface area contributed by atoms with Gasteiger partial charge in [0, 0.05) is 29.5 Å². The molecule has 4 aromatic rings. The lowest BCUT2D eigenvalue weighted by atomic mass is 10.0. The third-order valence-electron chi connectivity index (χ3n) is 3.92. The Morgan fingerprint density at radius 1 is 1.00 bits per heavy atom. The predicted molar refractivity (Wildman–Crippen MR) is 89.8 cm³/mol. The van der Waals surface area contributed by atoms with Crippen LogP contribution in [0.15, 0.2) is 65.7 Å². The molecule has 0 unspecified atom stereocenters. The van der Waals surface area contributed by atoms with E-state index in [9.17, 15) is 0 Å². The Bertz CT molecular complexity index is 961. The van der Waals surface area contributed by atoms with Gasteiger partial charge >= 0.3 is 0 Å². The fourth-order valence-corrected chi connectivity index (χ4v) is 2.73. The fourth-order valence-electron chi connectivity index (χ4n) is 2.73. The van der Waals surface area contributed by atoms with Gasteiger partial charge in [0.2, 0.25) is 5.89 Å². The molecule has 0 amide bonds. The quantitative estimate of drug-likeness (QED) is 0.558. The van der Waals surface area contributed by atoms with Gasteiger partial charge in [-0.05, 0) is 29.5 Å². The third-order valence-corrected chi connectivity index (χ3v) is 3.92. The van der Waals surface area contributed by atoms with E-state index >= 15 is 0 Å². The van der Waals surface area contributed by atoms with Gasteiger partial charge in [0.05, 0.1) is 0 Å². The molecule has 0 aliphatic carbocycles. The molecule has 1 aromatic carbocycles. The van der Waals surface area contributed by atoms with Gasteiger partial charge in [0.1, 0.15) is 17.7 Å². The van der Waals surface area contributed by atoms with E-state index in [0.717, 1.165) is 28.8 Å². The first kappa shape index (κ1) is 13.6. The highest BCUT2D eigenvalue weighted by molar-refractivity contribution is 5.94. The standard InChI is InChI=1S/C19H15N3O/c1-2-13-11-21-18(16-8-4-3-7-15(13)16)19-22-17(12-23-19)14-6-5-9-20-10-14/h3-12H,2H2,1H3. The largest absolute Gasteiger partial charge is 0.443 e. The highest BCUT2D eigenvalue weighted by Crippen LogP contribution is 2.30. The molecule has 0 aliphatic heterocycles. The van der Waals surface area contributed by atoms with Crippen molar-refractivity contribution in [2.24, 2.45) is 0 Å². The van der Waals surface area contributed by atoms with Crippen molar-refractivity contribution >= 4 is 10.8 Å². The Labute approximate surface area is 133 Å². The molecule has 3 aromatic heterocycles. The first-order valence-corrected chi connectivity index (χ1v) is 7.59. The maximum atomic E-state index is 5.69. The summed E-state index contributed by atoms with van der Waals surface area (Å²) in [5.41, 5.74) is 3.69. The number of oxazole rings is 1. The lowest BCUT2D eigenvalue weighted by Crippen LogP contribution is -1.91. The van der Waals surface area contributed by atoms with Gasteiger partial charge < -0.3 is 4.42 Å². The van der Waals surface area contributed by atoms with Crippen LogP contribution in [0.3, 0.4) is 0 Å². The number of hydrogen-bond donors (Lipinski definition) is 0. The van der Waals surface area contributed by atoms with Gasteiger partial charge in [-0.25, -0.2) is 4.98 Å². The van der Waals surface area contributed by atoms with Crippen LogP contribution < -0.4 is 0 Å². The van der Waals surface area contributed by atoms with Crippen LogP contribution in [0.1, 0.15) is 12.5 Å². The molecule has 0 aliphatic rings. The molecule has 0 saturated heterocycles. The van der Waals surface area contributed by atoms with Gasteiger partial charge in [-0.2, -0.15) is 0 Å². The zero-order valence-electron chi connectivity index (χ0n) is 12.7. The van der Waals surface area contributed by atoms with Crippen molar-refractivity contribution in [1.29, 1.82) is 0 Å². The normalized spacial score (nSPS) is 11.0. The molecule has 0 radical (unpaired) electrons. The van der Waals surface area contributed by atoms with Crippen LogP contribution in [0, 0.1) is 0 Å². The Morgan fingerprint density at radius 3 is 2.65 bits per heavy atom. The van der Waals surface area contributed by atoms with E-state index in [1.165, 1.54) is 10.9 Å². The van der Waals surface area contributed by atoms with Crippen molar-refractivity contribution in [3.05, 3.63) is 66.8 Å². The van der Waals surface area contributed by atoms with Crippen LogP contribution in [-0.4, -0.2) is 15.0 Å². The summed E-state index contributed by atoms with van der Waals surface area (Å²) in [6, 6.07) is 12.1. The Morgan fingerprint density at radius 2 is 1.87 bits per heavy atom. The molecule has 0 atom stereocenters. The first-order valence-electron chi connectivity index (χ1n) is 7.59. The summed E-state index contributed by atoms with van der Waals surface area (Å²) in [5.74, 6) is 0.530. The third kappa shape index (κ3) is 2.38. The number of aromatic nitrogens is 3. The van der Waals surface area contributed by atoms with Crippen LogP contribution in [0.4, 0.5) is 0 Å². The van der Waals surface area contributed by atoms with E-state index in [1.54, 1.807) is 18.7 Å². The molecule has 4 heteroatoms. The van der Waals surface area contributed by atoms with Crippen molar-refractivity contribution in [1.82, 2.24) is 15.0 Å². The number of fused-ring (bicyclic) bond motifs is 1. The second-order valence-electron chi connectivity index (χ2n) is 5.31. The highest BCUT2D eigenvalue weighted by Gasteiger charge is 2.14. The van der Waals surface area contributed by atoms with Crippen molar-refractivity contribution < 1.29 is 4.42 Å². The number of hydrogen-bond acceptors (Lipinski definition) is 4. The summed E-state index contributed by atoms with van der Waals surface area (Å²) in [5, 5.41) is 2.26. The van der Waals surface area contributed by atoms with E-state index in [1.807, 2.05) is 30.5 Å². The number of nitrogens with zero attached hydrogens (tertiary/aromatic N) is 3. The summed E-state index contributed by atoms with van der Waals surface area (Å²) in [7, 11) is 0. The summed E-state index contributed by atoms with van der Waals surface area (Å²) in [4.78, 5) is 13.3. The number of pyridine rings is 2. The van der Waals surface area contributed by atoms with E-state index in [-0.39, 0.29) is 0 Å². The van der Waals surface area contributed by atoms with Crippen molar-refractivity contribution in [2.45, 2.75) is 13.3 Å². The van der Waals surface area contributed by atoms with E-state index in [0.29, 0.717) is 5.89 Å². The predicted octanol–water partition coefficient (Wildman–Crippen LogP) is 4.51. The molecule has 112 valence electrons. The maximum absolute atomic E-state index is 5.69. The molecule has 0 fully saturated rings. The highest BCUT2D eigenvalue weighted by atomic mass is 16.3. The van der Waals surface area contributed by atoms with E-state index < -0.39 is 0 Å². The molecule has 4 nitrogen and oxygen atoms in total. The first-order chi connectivity index (χ1) is 11.4. The molecule has 3 heterocycles. The molecule has 0 N–H and O–H groups in total. The molecule has 0 bridgehead atoms. The van der Waals surface area contributed by atoms with Gasteiger partial charge in [0.15, 0.2) is 0 Å². The lowest BCUT2D eigenvalue weighted by molar-refractivity contribution is 0.573. The Kier molecular flexibility index (Phi) is 3.35. The minimum absolute atomic E-state index is 0.530. The second-order valence-corrected chi connectivity index (χ2v) is 5.31.